The zero-order valence-corrected chi connectivity index (χ0v) is 14.4. The summed E-state index contributed by atoms with van der Waals surface area (Å²) in [5.74, 6) is -1.63. The number of rotatable bonds is 3. The van der Waals surface area contributed by atoms with Crippen molar-refractivity contribution in [1.29, 1.82) is 0 Å². The maximum Gasteiger partial charge on any atom is 0.159 e. The maximum absolute atomic E-state index is 13.2. The quantitative estimate of drug-likeness (QED) is 0.486. The molecule has 2 rings (SSSR count). The third-order valence-corrected chi connectivity index (χ3v) is 4.41. The molecule has 0 aromatic heterocycles. The van der Waals surface area contributed by atoms with Crippen LogP contribution in [0.2, 0.25) is 0 Å². The highest BCUT2D eigenvalue weighted by molar-refractivity contribution is 9.11. The molecular weight excluding hydrogens is 446 g/mol. The van der Waals surface area contributed by atoms with Crippen LogP contribution in [0.1, 0.15) is 16.0 Å². The average molecular weight is 455 g/mol. The molecule has 19 heavy (non-hydrogen) atoms. The van der Waals surface area contributed by atoms with Crippen LogP contribution < -0.4 is 0 Å². The van der Waals surface area contributed by atoms with Gasteiger partial charge in [-0.2, -0.15) is 0 Å². The molecule has 0 heterocycles. The van der Waals surface area contributed by atoms with Gasteiger partial charge in [0, 0.05) is 13.8 Å². The van der Waals surface area contributed by atoms with Crippen LogP contribution in [0.4, 0.5) is 8.78 Å². The molecule has 2 aromatic rings. The van der Waals surface area contributed by atoms with Gasteiger partial charge in [0.1, 0.15) is 0 Å². The van der Waals surface area contributed by atoms with Gasteiger partial charge in [-0.3, -0.25) is 0 Å². The summed E-state index contributed by atoms with van der Waals surface area (Å²) in [7, 11) is 0. The number of hydrogen-bond donors (Lipinski definition) is 0. The molecule has 0 spiro atoms. The van der Waals surface area contributed by atoms with Crippen LogP contribution in [-0.4, -0.2) is 0 Å². The van der Waals surface area contributed by atoms with Crippen molar-refractivity contribution in [3.05, 3.63) is 68.1 Å². The summed E-state index contributed by atoms with van der Waals surface area (Å²) in [4.78, 5) is 0.0335. The van der Waals surface area contributed by atoms with E-state index in [-0.39, 0.29) is 4.83 Å². The van der Waals surface area contributed by atoms with Crippen molar-refractivity contribution in [2.75, 3.05) is 0 Å². The fraction of sp³-hybridized carbons (Fsp3) is 0.143. The highest BCUT2D eigenvalue weighted by atomic mass is 79.9. The summed E-state index contributed by atoms with van der Waals surface area (Å²) in [6.45, 7) is 0. The average Bonchev–Trinajstić information content (AvgIpc) is 2.32. The van der Waals surface area contributed by atoms with Crippen LogP contribution in [-0.2, 0) is 6.42 Å². The van der Waals surface area contributed by atoms with Gasteiger partial charge in [-0.1, -0.05) is 53.9 Å². The zero-order chi connectivity index (χ0) is 14.0. The van der Waals surface area contributed by atoms with Crippen LogP contribution in [0.25, 0.3) is 0 Å². The molecule has 0 aliphatic rings. The molecule has 2 aromatic carbocycles. The normalized spacial score (nSPS) is 12.5. The van der Waals surface area contributed by atoms with E-state index in [0.29, 0.717) is 6.42 Å². The Bertz CT molecular complexity index is 579. The Morgan fingerprint density at radius 2 is 1.53 bits per heavy atom. The van der Waals surface area contributed by atoms with E-state index >= 15 is 0 Å². The van der Waals surface area contributed by atoms with Crippen LogP contribution in [0.5, 0.6) is 0 Å². The largest absolute Gasteiger partial charge is 0.204 e. The van der Waals surface area contributed by atoms with E-state index in [0.717, 1.165) is 26.1 Å². The first kappa shape index (κ1) is 15.1. The summed E-state index contributed by atoms with van der Waals surface area (Å²) in [6.07, 6.45) is 0.583. The standard InChI is InChI=1S/C14H9Br3F2/c15-10-5-9(6-11(16)7-10)12(17)3-8-1-2-13(18)14(19)4-8/h1-2,4-7,12H,3H2. The summed E-state index contributed by atoms with van der Waals surface area (Å²) in [6, 6.07) is 9.91. The highest BCUT2D eigenvalue weighted by Crippen LogP contribution is 2.31. The Hall–Kier alpha value is -0.260. The first-order valence-electron chi connectivity index (χ1n) is 5.49. The molecule has 1 unspecified atom stereocenters. The third kappa shape index (κ3) is 4.10. The molecule has 0 N–H and O–H groups in total. The van der Waals surface area contributed by atoms with Crippen LogP contribution in [0.3, 0.4) is 0 Å². The van der Waals surface area contributed by atoms with E-state index in [9.17, 15) is 8.78 Å². The number of halogens is 5. The van der Waals surface area contributed by atoms with Crippen molar-refractivity contribution < 1.29 is 8.78 Å². The second-order valence-corrected chi connectivity index (χ2v) is 7.06. The van der Waals surface area contributed by atoms with Crippen LogP contribution in [0, 0.1) is 11.6 Å². The van der Waals surface area contributed by atoms with E-state index in [2.05, 4.69) is 47.8 Å². The molecule has 0 saturated heterocycles. The lowest BCUT2D eigenvalue weighted by Crippen LogP contribution is -1.97. The Morgan fingerprint density at radius 3 is 2.11 bits per heavy atom. The van der Waals surface area contributed by atoms with Crippen molar-refractivity contribution in [2.24, 2.45) is 0 Å². The van der Waals surface area contributed by atoms with E-state index in [4.69, 9.17) is 0 Å². The Balaban J connectivity index is 2.20. The van der Waals surface area contributed by atoms with Gasteiger partial charge in [-0.15, -0.1) is 0 Å². The van der Waals surface area contributed by atoms with Crippen molar-refractivity contribution in [1.82, 2.24) is 0 Å². The Morgan fingerprint density at radius 1 is 0.895 bits per heavy atom. The van der Waals surface area contributed by atoms with Crippen molar-refractivity contribution >= 4 is 47.8 Å². The van der Waals surface area contributed by atoms with E-state index in [1.54, 1.807) is 6.07 Å². The summed E-state index contributed by atoms with van der Waals surface area (Å²) in [5, 5.41) is 0. The molecule has 1 atom stereocenters. The Labute approximate surface area is 135 Å². The summed E-state index contributed by atoms with van der Waals surface area (Å²) >= 11 is 10.4. The molecule has 100 valence electrons. The highest BCUT2D eigenvalue weighted by Gasteiger charge is 2.11. The van der Waals surface area contributed by atoms with Gasteiger partial charge in [0.25, 0.3) is 0 Å². The summed E-state index contributed by atoms with van der Waals surface area (Å²) in [5.41, 5.74) is 1.81. The van der Waals surface area contributed by atoms with Gasteiger partial charge in [0.2, 0.25) is 0 Å². The lowest BCUT2D eigenvalue weighted by atomic mass is 10.0. The van der Waals surface area contributed by atoms with E-state index < -0.39 is 11.6 Å². The second-order valence-electron chi connectivity index (χ2n) is 4.12. The van der Waals surface area contributed by atoms with Gasteiger partial charge in [0.15, 0.2) is 11.6 Å². The number of benzene rings is 2. The van der Waals surface area contributed by atoms with Gasteiger partial charge in [-0.05, 0) is 47.9 Å². The van der Waals surface area contributed by atoms with Crippen molar-refractivity contribution in [3.63, 3.8) is 0 Å². The molecule has 0 fully saturated rings. The van der Waals surface area contributed by atoms with Gasteiger partial charge >= 0.3 is 0 Å². The SMILES string of the molecule is Fc1ccc(CC(Br)c2cc(Br)cc(Br)c2)cc1F. The first-order valence-corrected chi connectivity index (χ1v) is 8.00. The molecule has 0 aliphatic carbocycles. The molecule has 0 bridgehead atoms. The first-order chi connectivity index (χ1) is 8.95. The number of hydrogen-bond acceptors (Lipinski definition) is 0. The summed E-state index contributed by atoms with van der Waals surface area (Å²) < 4.78 is 27.9. The van der Waals surface area contributed by atoms with Crippen LogP contribution >= 0.6 is 47.8 Å². The maximum atomic E-state index is 13.2. The predicted molar refractivity (Wildman–Crippen MR) is 83.6 cm³/mol. The third-order valence-electron chi connectivity index (χ3n) is 2.65. The molecular formula is C14H9Br3F2. The van der Waals surface area contributed by atoms with E-state index in [1.165, 1.54) is 6.07 Å². The lowest BCUT2D eigenvalue weighted by molar-refractivity contribution is 0.507. The van der Waals surface area contributed by atoms with Crippen molar-refractivity contribution in [2.45, 2.75) is 11.2 Å². The Kier molecular flexibility index (Phi) is 5.15. The molecule has 0 aliphatic heterocycles. The molecule has 5 heteroatoms. The number of alkyl halides is 1. The minimum Gasteiger partial charge on any atom is -0.204 e. The van der Waals surface area contributed by atoms with Crippen molar-refractivity contribution in [3.8, 4) is 0 Å². The predicted octanol–water partition coefficient (Wildman–Crippen LogP) is 6.17. The fourth-order valence-corrected chi connectivity index (χ4v) is 3.71. The monoisotopic (exact) mass is 452 g/mol. The lowest BCUT2D eigenvalue weighted by Gasteiger charge is -2.12. The smallest absolute Gasteiger partial charge is 0.159 e. The molecule has 0 nitrogen and oxygen atoms in total. The topological polar surface area (TPSA) is 0 Å². The fourth-order valence-electron chi connectivity index (χ4n) is 1.75. The molecule has 0 amide bonds. The van der Waals surface area contributed by atoms with E-state index in [1.807, 2.05) is 18.2 Å². The minimum atomic E-state index is -0.819. The zero-order valence-electron chi connectivity index (χ0n) is 9.64. The van der Waals surface area contributed by atoms with Crippen LogP contribution in [0.15, 0.2) is 45.3 Å². The molecule has 0 saturated carbocycles. The van der Waals surface area contributed by atoms with Gasteiger partial charge in [0.05, 0.1) is 0 Å². The molecule has 0 radical (unpaired) electrons. The minimum absolute atomic E-state index is 0.0335. The van der Waals surface area contributed by atoms with Gasteiger partial charge < -0.3 is 0 Å². The second kappa shape index (κ2) is 6.46. The van der Waals surface area contributed by atoms with Gasteiger partial charge in [-0.25, -0.2) is 8.78 Å².